The maximum Gasteiger partial charge on any atom is 0.246 e. The Balaban J connectivity index is 1.58. The van der Waals surface area contributed by atoms with E-state index < -0.39 is 0 Å². The number of carbonyl (C=O) groups excluding carboxylic acids is 1. The molecule has 2 aromatic heterocycles. The van der Waals surface area contributed by atoms with Gasteiger partial charge in [0.2, 0.25) is 5.91 Å². The summed E-state index contributed by atoms with van der Waals surface area (Å²) in [6.45, 7) is 4.77. The molecule has 2 aliphatic carbocycles. The van der Waals surface area contributed by atoms with Gasteiger partial charge in [0, 0.05) is 29.6 Å². The van der Waals surface area contributed by atoms with E-state index in [1.807, 2.05) is 26.7 Å². The van der Waals surface area contributed by atoms with Crippen molar-refractivity contribution >= 4 is 5.91 Å². The highest BCUT2D eigenvalue weighted by atomic mass is 16.3. The van der Waals surface area contributed by atoms with Crippen molar-refractivity contribution in [2.45, 2.75) is 63.7 Å². The molecule has 2 aliphatic rings. The molecule has 27 heavy (non-hydrogen) atoms. The molecular weight excluding hydrogens is 342 g/mol. The molecule has 0 radical (unpaired) electrons. The summed E-state index contributed by atoms with van der Waals surface area (Å²) in [5.41, 5.74) is 3.27. The minimum atomic E-state index is -0.0702. The van der Waals surface area contributed by atoms with E-state index in [0.29, 0.717) is 19.1 Å². The van der Waals surface area contributed by atoms with Gasteiger partial charge in [-0.3, -0.25) is 14.2 Å². The van der Waals surface area contributed by atoms with Crippen molar-refractivity contribution in [1.82, 2.24) is 24.5 Å². The van der Waals surface area contributed by atoms with E-state index in [0.717, 1.165) is 36.1 Å². The van der Waals surface area contributed by atoms with Crippen LogP contribution in [0.1, 0.15) is 61.0 Å². The molecule has 0 spiro atoms. The predicted octanol–water partition coefficient (Wildman–Crippen LogP) is 2.39. The highest BCUT2D eigenvalue weighted by Crippen LogP contribution is 2.36. The second-order valence-corrected chi connectivity index (χ2v) is 7.48. The first-order chi connectivity index (χ1) is 13.2. The Kier molecular flexibility index (Phi) is 5.11. The molecule has 0 aromatic carbocycles. The fourth-order valence-corrected chi connectivity index (χ4v) is 4.17. The Morgan fingerprint density at radius 3 is 2.85 bits per heavy atom. The summed E-state index contributed by atoms with van der Waals surface area (Å²) >= 11 is 0. The van der Waals surface area contributed by atoms with Crippen molar-refractivity contribution in [3.05, 3.63) is 48.1 Å². The van der Waals surface area contributed by atoms with Crippen LogP contribution in [0.5, 0.6) is 0 Å². The fourth-order valence-electron chi connectivity index (χ4n) is 4.17. The van der Waals surface area contributed by atoms with Gasteiger partial charge in [0.05, 0.1) is 37.6 Å². The van der Waals surface area contributed by atoms with Gasteiger partial charge < -0.3 is 10.0 Å². The first-order valence-corrected chi connectivity index (χ1v) is 9.82. The molecule has 7 nitrogen and oxygen atoms in total. The van der Waals surface area contributed by atoms with E-state index in [4.69, 9.17) is 0 Å². The minimum Gasteiger partial charge on any atom is -0.394 e. The third-order valence-corrected chi connectivity index (χ3v) is 5.83. The Morgan fingerprint density at radius 2 is 2.15 bits per heavy atom. The summed E-state index contributed by atoms with van der Waals surface area (Å²) < 4.78 is 3.91. The first-order valence-electron chi connectivity index (χ1n) is 9.82. The Bertz CT molecular complexity index is 820. The van der Waals surface area contributed by atoms with Crippen LogP contribution >= 0.6 is 0 Å². The number of amides is 1. The van der Waals surface area contributed by atoms with Gasteiger partial charge >= 0.3 is 0 Å². The lowest BCUT2D eigenvalue weighted by Crippen LogP contribution is -2.35. The molecule has 1 unspecified atom stereocenters. The topological polar surface area (TPSA) is 76.2 Å². The Morgan fingerprint density at radius 1 is 1.30 bits per heavy atom. The number of hydrogen-bond acceptors (Lipinski definition) is 4. The highest BCUT2D eigenvalue weighted by molar-refractivity contribution is 5.87. The summed E-state index contributed by atoms with van der Waals surface area (Å²) in [5, 5.41) is 18.2. The molecule has 1 amide bonds. The van der Waals surface area contributed by atoms with E-state index in [1.165, 1.54) is 25.3 Å². The number of aromatic nitrogens is 4. The van der Waals surface area contributed by atoms with Gasteiger partial charge in [-0.05, 0) is 44.6 Å². The Labute approximate surface area is 159 Å². The summed E-state index contributed by atoms with van der Waals surface area (Å²) in [7, 11) is 0. The van der Waals surface area contributed by atoms with E-state index in [-0.39, 0.29) is 18.6 Å². The molecule has 4 rings (SSSR count). The van der Waals surface area contributed by atoms with E-state index in [2.05, 4.69) is 23.0 Å². The summed E-state index contributed by atoms with van der Waals surface area (Å²) in [5.74, 6) is -0.0702. The van der Waals surface area contributed by atoms with Crippen LogP contribution in [0.25, 0.3) is 0 Å². The number of rotatable bonds is 7. The first kappa shape index (κ1) is 18.0. The molecule has 0 saturated heterocycles. The second kappa shape index (κ2) is 7.68. The van der Waals surface area contributed by atoms with Crippen LogP contribution in [0.2, 0.25) is 0 Å². The van der Waals surface area contributed by atoms with Gasteiger partial charge in [-0.1, -0.05) is 6.58 Å². The van der Waals surface area contributed by atoms with Gasteiger partial charge in [-0.15, -0.1) is 0 Å². The van der Waals surface area contributed by atoms with Crippen LogP contribution in [0, 0.1) is 0 Å². The summed E-state index contributed by atoms with van der Waals surface area (Å²) in [4.78, 5) is 14.6. The maximum atomic E-state index is 12.7. The van der Waals surface area contributed by atoms with Crippen LogP contribution in [-0.4, -0.2) is 42.1 Å². The number of hydrogen-bond donors (Lipinski definition) is 1. The van der Waals surface area contributed by atoms with Crippen molar-refractivity contribution in [1.29, 1.82) is 0 Å². The molecule has 0 bridgehead atoms. The lowest BCUT2D eigenvalue weighted by molar-refractivity contribution is -0.129. The molecule has 2 heterocycles. The predicted molar refractivity (Wildman–Crippen MR) is 101 cm³/mol. The van der Waals surface area contributed by atoms with Crippen molar-refractivity contribution in [2.24, 2.45) is 0 Å². The molecule has 1 saturated carbocycles. The summed E-state index contributed by atoms with van der Waals surface area (Å²) in [6.07, 6.45) is 13.7. The molecule has 2 aromatic rings. The van der Waals surface area contributed by atoms with Gasteiger partial charge in [0.1, 0.15) is 0 Å². The quantitative estimate of drug-likeness (QED) is 0.761. The number of fused-ring (bicyclic) bond motifs is 1. The van der Waals surface area contributed by atoms with Crippen molar-refractivity contribution in [2.75, 3.05) is 6.61 Å². The largest absolute Gasteiger partial charge is 0.394 e. The molecule has 144 valence electrons. The maximum absolute atomic E-state index is 12.7. The number of aliphatic hydroxyl groups excluding tert-OH is 1. The third kappa shape index (κ3) is 3.43. The average Bonchev–Trinajstić information content (AvgIpc) is 3.25. The highest BCUT2D eigenvalue weighted by Gasteiger charge is 2.31. The van der Waals surface area contributed by atoms with Crippen molar-refractivity contribution in [3.63, 3.8) is 0 Å². The van der Waals surface area contributed by atoms with Gasteiger partial charge in [-0.2, -0.15) is 10.2 Å². The zero-order chi connectivity index (χ0) is 18.8. The van der Waals surface area contributed by atoms with Crippen molar-refractivity contribution < 1.29 is 9.90 Å². The number of aliphatic hydroxyl groups is 1. The third-order valence-electron chi connectivity index (χ3n) is 5.83. The Hall–Kier alpha value is -2.41. The van der Waals surface area contributed by atoms with Gasteiger partial charge in [-0.25, -0.2) is 0 Å². The van der Waals surface area contributed by atoms with Crippen LogP contribution in [-0.2, 0) is 24.3 Å². The monoisotopic (exact) mass is 369 g/mol. The lowest BCUT2D eigenvalue weighted by Gasteiger charge is -2.34. The van der Waals surface area contributed by atoms with E-state index >= 15 is 0 Å². The standard InChI is InChI=1S/C20H27N5O2/c1-2-20(27)23(13-15-11-21-25(14-15)16-5-3-6-16)18-7-4-8-19-17(18)12-22-24(19)9-10-26/h2,11-12,14,16,18,26H,1,3-10,13H2. The molecular formula is C20H27N5O2. The summed E-state index contributed by atoms with van der Waals surface area (Å²) in [6, 6.07) is 0.499. The van der Waals surface area contributed by atoms with Crippen LogP contribution in [0.3, 0.4) is 0 Å². The second-order valence-electron chi connectivity index (χ2n) is 7.48. The fraction of sp³-hybridized carbons (Fsp3) is 0.550. The minimum absolute atomic E-state index is 0.0151. The van der Waals surface area contributed by atoms with Gasteiger partial charge in [0.25, 0.3) is 0 Å². The van der Waals surface area contributed by atoms with Crippen molar-refractivity contribution in [3.8, 4) is 0 Å². The van der Waals surface area contributed by atoms with E-state index in [9.17, 15) is 9.90 Å². The smallest absolute Gasteiger partial charge is 0.246 e. The number of carbonyl (C=O) groups is 1. The average molecular weight is 369 g/mol. The normalized spacial score (nSPS) is 19.4. The SMILES string of the molecule is C=CC(=O)N(Cc1cnn(C2CCC2)c1)C1CCCc2c1cnn2CCO. The zero-order valence-electron chi connectivity index (χ0n) is 15.6. The van der Waals surface area contributed by atoms with E-state index in [1.54, 1.807) is 0 Å². The lowest BCUT2D eigenvalue weighted by atomic mass is 9.91. The molecule has 1 N–H and O–H groups in total. The molecule has 1 atom stereocenters. The number of nitrogens with zero attached hydrogens (tertiary/aromatic N) is 5. The van der Waals surface area contributed by atoms with Gasteiger partial charge in [0.15, 0.2) is 0 Å². The molecule has 0 aliphatic heterocycles. The van der Waals surface area contributed by atoms with Crippen LogP contribution < -0.4 is 0 Å². The zero-order valence-corrected chi connectivity index (χ0v) is 15.6. The molecule has 1 fully saturated rings. The van der Waals surface area contributed by atoms with Crippen LogP contribution in [0.4, 0.5) is 0 Å². The van der Waals surface area contributed by atoms with Crippen LogP contribution in [0.15, 0.2) is 31.2 Å². The molecule has 7 heteroatoms.